The Balaban J connectivity index is 1.57. The number of carbonyl (C=O) groups is 1. The first kappa shape index (κ1) is 35.5. The molecular formula is C38H43F3N4O4Si. The van der Waals surface area contributed by atoms with Crippen LogP contribution in [0.5, 0.6) is 5.75 Å². The normalized spacial score (nSPS) is 17.7. The quantitative estimate of drug-likeness (QED) is 0.0850. The van der Waals surface area contributed by atoms with Gasteiger partial charge in [0.15, 0.2) is 12.6 Å². The lowest BCUT2D eigenvalue weighted by Gasteiger charge is -2.40. The van der Waals surface area contributed by atoms with Gasteiger partial charge in [0.05, 0.1) is 17.6 Å². The van der Waals surface area contributed by atoms with Crippen molar-refractivity contribution in [2.75, 3.05) is 31.9 Å². The summed E-state index contributed by atoms with van der Waals surface area (Å²) < 4.78 is 59.5. The Kier molecular flexibility index (Phi) is 9.76. The molecule has 3 heterocycles. The van der Waals surface area contributed by atoms with Crippen LogP contribution in [-0.4, -0.2) is 73.2 Å². The van der Waals surface area contributed by atoms with Crippen LogP contribution in [0, 0.1) is 29.2 Å². The maximum absolute atomic E-state index is 16.9. The highest BCUT2D eigenvalue weighted by molar-refractivity contribution is 6.90. The number of amides is 1. The van der Waals surface area contributed by atoms with Crippen molar-refractivity contribution in [3.63, 3.8) is 0 Å². The van der Waals surface area contributed by atoms with E-state index in [0.717, 1.165) is 6.07 Å². The molecule has 0 spiro atoms. The van der Waals surface area contributed by atoms with E-state index in [-0.39, 0.29) is 59.8 Å². The van der Waals surface area contributed by atoms with E-state index < -0.39 is 31.9 Å². The van der Waals surface area contributed by atoms with Crippen molar-refractivity contribution in [3.05, 3.63) is 59.7 Å². The van der Waals surface area contributed by atoms with E-state index in [0.29, 0.717) is 51.6 Å². The van der Waals surface area contributed by atoms with Crippen molar-refractivity contribution >= 4 is 41.7 Å². The minimum atomic E-state index is -2.18. The zero-order valence-electron chi connectivity index (χ0n) is 29.5. The summed E-state index contributed by atoms with van der Waals surface area (Å²) in [5.41, 5.74) is 4.91. The number of methoxy groups -OCH3 is 1. The molecule has 0 aliphatic carbocycles. The van der Waals surface area contributed by atoms with Gasteiger partial charge in [-0.2, -0.15) is 14.4 Å². The zero-order chi connectivity index (χ0) is 36.1. The van der Waals surface area contributed by atoms with Crippen molar-refractivity contribution in [1.82, 2.24) is 14.9 Å². The number of nitrogens with zero attached hydrogens (tertiary/aromatic N) is 4. The van der Waals surface area contributed by atoms with Gasteiger partial charge in [-0.1, -0.05) is 59.6 Å². The summed E-state index contributed by atoms with van der Waals surface area (Å²) in [5.74, 6) is 1.90. The number of benzene rings is 3. The van der Waals surface area contributed by atoms with Gasteiger partial charge >= 0.3 is 12.2 Å². The van der Waals surface area contributed by atoms with E-state index in [1.807, 2.05) is 18.2 Å². The van der Waals surface area contributed by atoms with E-state index in [2.05, 4.69) is 63.0 Å². The first-order chi connectivity index (χ1) is 23.8. The van der Waals surface area contributed by atoms with Gasteiger partial charge in [0, 0.05) is 42.1 Å². The van der Waals surface area contributed by atoms with Crippen LogP contribution in [0.25, 0.3) is 32.8 Å². The van der Waals surface area contributed by atoms with Crippen molar-refractivity contribution in [3.8, 4) is 28.3 Å². The van der Waals surface area contributed by atoms with Crippen molar-refractivity contribution < 1.29 is 32.5 Å². The van der Waals surface area contributed by atoms with Gasteiger partial charge in [-0.25, -0.2) is 13.6 Å². The molecule has 1 N–H and O–H groups in total. The molecule has 0 unspecified atom stereocenters. The van der Waals surface area contributed by atoms with E-state index in [9.17, 15) is 9.90 Å². The van der Waals surface area contributed by atoms with Gasteiger partial charge in [-0.3, -0.25) is 4.90 Å². The molecular weight excluding hydrogens is 662 g/mol. The molecule has 3 aromatic carbocycles. The van der Waals surface area contributed by atoms with Gasteiger partial charge in [-0.05, 0) is 59.1 Å². The fourth-order valence-electron chi connectivity index (χ4n) is 8.55. The summed E-state index contributed by atoms with van der Waals surface area (Å²) in [4.78, 5) is 22.8. The SMILES string of the molecule is COCOc1cc(-c2c(F)cc3c(N4C[C@H]5CC[C@@H](C4)N5C(=O)O)nc(F)nc3c2F)c2c(C#C[Si](C(C)C)(C(C)C)C(C)C)cccc2c1. The highest BCUT2D eigenvalue weighted by Gasteiger charge is 2.44. The number of anilines is 1. The molecule has 0 saturated carbocycles. The van der Waals surface area contributed by atoms with Crippen LogP contribution in [0.1, 0.15) is 59.9 Å². The van der Waals surface area contributed by atoms with Crippen LogP contribution in [0.2, 0.25) is 16.6 Å². The van der Waals surface area contributed by atoms with Crippen LogP contribution < -0.4 is 9.64 Å². The number of rotatable bonds is 8. The van der Waals surface area contributed by atoms with E-state index in [1.54, 1.807) is 17.0 Å². The van der Waals surface area contributed by atoms with Crippen LogP contribution in [-0.2, 0) is 4.74 Å². The van der Waals surface area contributed by atoms with Gasteiger partial charge in [-0.15, -0.1) is 5.54 Å². The summed E-state index contributed by atoms with van der Waals surface area (Å²) in [5, 5.41) is 10.9. The second-order valence-corrected chi connectivity index (χ2v) is 19.9. The standard InChI is InChI=1S/C38H43F3N4O4Si/c1-21(2)50(22(3)4,23(5)6)14-13-24-9-8-10-25-15-28(49-20-48-7)16-29(32(24)25)33-31(39)17-30-35(34(33)40)42-37(41)43-36(30)44-18-26-11-12-27(19-44)45(26)38(46)47/h8-10,15-17,21-23,26-27H,11-12,18-20H2,1-7H3,(H,46,47)/t26-,27+. The average Bonchev–Trinajstić information content (AvgIpc) is 3.33. The summed E-state index contributed by atoms with van der Waals surface area (Å²) in [7, 11) is -0.698. The molecule has 0 radical (unpaired) electrons. The molecule has 4 aromatic rings. The first-order valence-corrected chi connectivity index (χ1v) is 19.3. The van der Waals surface area contributed by atoms with Crippen molar-refractivity contribution in [2.24, 2.45) is 0 Å². The summed E-state index contributed by atoms with van der Waals surface area (Å²) in [6, 6.07) is 9.36. The number of ether oxygens (including phenoxy) is 2. The minimum Gasteiger partial charge on any atom is -0.468 e. The van der Waals surface area contributed by atoms with Crippen LogP contribution in [0.4, 0.5) is 23.8 Å². The number of carboxylic acid groups (broad SMARTS) is 1. The van der Waals surface area contributed by atoms with Gasteiger partial charge in [0.1, 0.15) is 31.0 Å². The van der Waals surface area contributed by atoms with Gasteiger partial charge < -0.3 is 19.5 Å². The summed E-state index contributed by atoms with van der Waals surface area (Å²) in [6.45, 7) is 13.7. The molecule has 2 fully saturated rings. The Hall–Kier alpha value is -4.34. The Morgan fingerprint density at radius 1 is 1.00 bits per heavy atom. The molecule has 264 valence electrons. The molecule has 2 atom stereocenters. The molecule has 8 nitrogen and oxygen atoms in total. The number of piperazine rings is 1. The number of halogens is 3. The van der Waals surface area contributed by atoms with Crippen molar-refractivity contribution in [1.29, 1.82) is 0 Å². The maximum atomic E-state index is 16.9. The lowest BCUT2D eigenvalue weighted by molar-refractivity contribution is 0.0512. The molecule has 2 bridgehead atoms. The van der Waals surface area contributed by atoms with Crippen LogP contribution in [0.3, 0.4) is 0 Å². The maximum Gasteiger partial charge on any atom is 0.407 e. The zero-order valence-corrected chi connectivity index (χ0v) is 30.5. The van der Waals surface area contributed by atoms with Gasteiger partial charge in [0.2, 0.25) is 0 Å². The molecule has 2 aliphatic rings. The van der Waals surface area contributed by atoms with E-state index in [4.69, 9.17) is 9.47 Å². The molecule has 2 saturated heterocycles. The predicted octanol–water partition coefficient (Wildman–Crippen LogP) is 8.75. The Labute approximate surface area is 291 Å². The third-order valence-electron chi connectivity index (χ3n) is 10.7. The molecule has 6 rings (SSSR count). The number of fused-ring (bicyclic) bond motifs is 4. The molecule has 1 amide bonds. The monoisotopic (exact) mass is 704 g/mol. The van der Waals surface area contributed by atoms with E-state index >= 15 is 13.2 Å². The molecule has 50 heavy (non-hydrogen) atoms. The minimum absolute atomic E-state index is 0.00557. The third kappa shape index (κ3) is 6.04. The second kappa shape index (κ2) is 13.8. The Morgan fingerprint density at radius 3 is 2.26 bits per heavy atom. The third-order valence-corrected chi connectivity index (χ3v) is 17.0. The second-order valence-electron chi connectivity index (χ2n) is 14.3. The smallest absolute Gasteiger partial charge is 0.407 e. The Bertz CT molecular complexity index is 1990. The molecule has 12 heteroatoms. The lowest BCUT2D eigenvalue weighted by atomic mass is 9.93. The topological polar surface area (TPSA) is 88.0 Å². The Morgan fingerprint density at radius 2 is 1.66 bits per heavy atom. The molecule has 2 aliphatic heterocycles. The average molecular weight is 705 g/mol. The van der Waals surface area contributed by atoms with Crippen molar-refractivity contribution in [2.45, 2.75) is 83.1 Å². The fourth-order valence-corrected chi connectivity index (χ4v) is 13.8. The predicted molar refractivity (Wildman–Crippen MR) is 192 cm³/mol. The van der Waals surface area contributed by atoms with Gasteiger partial charge in [0.25, 0.3) is 0 Å². The molecule has 1 aromatic heterocycles. The highest BCUT2D eigenvalue weighted by atomic mass is 28.3. The van der Waals surface area contributed by atoms with E-state index in [1.165, 1.54) is 12.0 Å². The first-order valence-electron chi connectivity index (χ1n) is 17.1. The summed E-state index contributed by atoms with van der Waals surface area (Å²) in [6.07, 6.45) is -0.902. The lowest BCUT2D eigenvalue weighted by Crippen LogP contribution is -2.55. The van der Waals surface area contributed by atoms with Crippen LogP contribution in [0.15, 0.2) is 36.4 Å². The largest absolute Gasteiger partial charge is 0.468 e. The van der Waals surface area contributed by atoms with Crippen LogP contribution >= 0.6 is 0 Å². The fraction of sp³-hybridized carbons (Fsp3) is 0.447. The highest BCUT2D eigenvalue weighted by Crippen LogP contribution is 2.43. The number of hydrogen-bond acceptors (Lipinski definition) is 6. The summed E-state index contributed by atoms with van der Waals surface area (Å²) >= 11 is 0. The number of aromatic nitrogens is 2. The number of hydrogen-bond donors (Lipinski definition) is 1.